The van der Waals surface area contributed by atoms with Gasteiger partial charge in [-0.05, 0) is 37.3 Å². The summed E-state index contributed by atoms with van der Waals surface area (Å²) < 4.78 is 10.6. The van der Waals surface area contributed by atoms with Gasteiger partial charge in [-0.3, -0.25) is 0 Å². The van der Waals surface area contributed by atoms with Crippen molar-refractivity contribution in [3.8, 4) is 22.8 Å². The number of hydrogen-bond acceptors (Lipinski definition) is 5. The fourth-order valence-corrected chi connectivity index (χ4v) is 3.34. The number of nitrogens with zero attached hydrogens (tertiary/aromatic N) is 1. The van der Waals surface area contributed by atoms with Crippen molar-refractivity contribution in [3.05, 3.63) is 59.0 Å². The number of rotatable bonds is 6. The van der Waals surface area contributed by atoms with Crippen LogP contribution in [-0.2, 0) is 6.54 Å². The number of thiazole rings is 1. The van der Waals surface area contributed by atoms with Crippen LogP contribution < -0.4 is 14.8 Å². The van der Waals surface area contributed by atoms with E-state index in [0.29, 0.717) is 6.54 Å². The molecular formula is C19H20N2O2S. The average molecular weight is 340 g/mol. The van der Waals surface area contributed by atoms with E-state index >= 15 is 0 Å². The van der Waals surface area contributed by atoms with Gasteiger partial charge in [0.05, 0.1) is 19.9 Å². The minimum atomic E-state index is 0.680. The van der Waals surface area contributed by atoms with Crippen LogP contribution in [0.4, 0.5) is 5.13 Å². The highest BCUT2D eigenvalue weighted by Gasteiger charge is 2.10. The normalized spacial score (nSPS) is 10.5. The molecule has 0 radical (unpaired) electrons. The molecule has 0 unspecified atom stereocenters. The number of benzene rings is 2. The van der Waals surface area contributed by atoms with Gasteiger partial charge >= 0.3 is 0 Å². The molecule has 2 aromatic carbocycles. The largest absolute Gasteiger partial charge is 0.497 e. The molecule has 24 heavy (non-hydrogen) atoms. The minimum Gasteiger partial charge on any atom is -0.497 e. The first kappa shape index (κ1) is 16.3. The predicted octanol–water partition coefficient (Wildman–Crippen LogP) is 4.75. The number of aromatic nitrogens is 1. The van der Waals surface area contributed by atoms with Gasteiger partial charge in [0, 0.05) is 22.5 Å². The zero-order valence-corrected chi connectivity index (χ0v) is 14.8. The second-order valence-electron chi connectivity index (χ2n) is 5.32. The maximum Gasteiger partial charge on any atom is 0.183 e. The molecule has 5 heteroatoms. The second-order valence-corrected chi connectivity index (χ2v) is 6.52. The van der Waals surface area contributed by atoms with E-state index < -0.39 is 0 Å². The summed E-state index contributed by atoms with van der Waals surface area (Å²) >= 11 is 1.66. The average Bonchev–Trinajstić information content (AvgIpc) is 3.01. The van der Waals surface area contributed by atoms with Crippen LogP contribution in [0.5, 0.6) is 11.5 Å². The molecule has 0 aliphatic carbocycles. The van der Waals surface area contributed by atoms with E-state index in [2.05, 4.69) is 18.3 Å². The molecule has 124 valence electrons. The Hall–Kier alpha value is -2.53. The van der Waals surface area contributed by atoms with Crippen LogP contribution in [0.15, 0.2) is 48.5 Å². The fraction of sp³-hybridized carbons (Fsp3) is 0.211. The number of ether oxygens (including phenoxy) is 2. The lowest BCUT2D eigenvalue weighted by Gasteiger charge is -2.08. The molecule has 1 N–H and O–H groups in total. The SMILES string of the molecule is COc1ccc(-c2nc(NCc3ccccc3OC)sc2C)cc1. The molecule has 0 atom stereocenters. The topological polar surface area (TPSA) is 43.4 Å². The van der Waals surface area contributed by atoms with E-state index in [4.69, 9.17) is 14.5 Å². The van der Waals surface area contributed by atoms with Crippen LogP contribution in [0.1, 0.15) is 10.4 Å². The predicted molar refractivity (Wildman–Crippen MR) is 99.2 cm³/mol. The molecule has 1 aromatic heterocycles. The summed E-state index contributed by atoms with van der Waals surface area (Å²) in [6.07, 6.45) is 0. The van der Waals surface area contributed by atoms with E-state index in [9.17, 15) is 0 Å². The quantitative estimate of drug-likeness (QED) is 0.703. The van der Waals surface area contributed by atoms with E-state index in [1.54, 1.807) is 25.6 Å². The zero-order chi connectivity index (χ0) is 16.9. The van der Waals surface area contributed by atoms with Crippen molar-refractivity contribution < 1.29 is 9.47 Å². The first-order chi connectivity index (χ1) is 11.7. The van der Waals surface area contributed by atoms with Crippen molar-refractivity contribution in [1.82, 2.24) is 4.98 Å². The minimum absolute atomic E-state index is 0.680. The molecule has 0 saturated carbocycles. The Kier molecular flexibility index (Phi) is 5.01. The maximum atomic E-state index is 5.38. The Morgan fingerprint density at radius 1 is 1.00 bits per heavy atom. The molecule has 0 aliphatic heterocycles. The molecular weight excluding hydrogens is 320 g/mol. The third-order valence-corrected chi connectivity index (χ3v) is 4.71. The van der Waals surface area contributed by atoms with Crippen LogP contribution in [0.25, 0.3) is 11.3 Å². The number of hydrogen-bond donors (Lipinski definition) is 1. The summed E-state index contributed by atoms with van der Waals surface area (Å²) in [5.74, 6) is 1.73. The third kappa shape index (κ3) is 3.51. The Balaban J connectivity index is 1.76. The van der Waals surface area contributed by atoms with Crippen molar-refractivity contribution in [2.24, 2.45) is 0 Å². The Morgan fingerprint density at radius 2 is 1.75 bits per heavy atom. The van der Waals surface area contributed by atoms with Crippen LogP contribution in [0, 0.1) is 6.92 Å². The van der Waals surface area contributed by atoms with Crippen molar-refractivity contribution in [1.29, 1.82) is 0 Å². The lowest BCUT2D eigenvalue weighted by atomic mass is 10.1. The van der Waals surface area contributed by atoms with Gasteiger partial charge in [0.15, 0.2) is 5.13 Å². The Morgan fingerprint density at radius 3 is 2.46 bits per heavy atom. The molecule has 0 bridgehead atoms. The molecule has 3 rings (SSSR count). The summed E-state index contributed by atoms with van der Waals surface area (Å²) in [6.45, 7) is 2.77. The zero-order valence-electron chi connectivity index (χ0n) is 14.0. The van der Waals surface area contributed by atoms with Gasteiger partial charge in [0.1, 0.15) is 11.5 Å². The molecule has 0 spiro atoms. The fourth-order valence-electron chi connectivity index (χ4n) is 2.51. The first-order valence-electron chi connectivity index (χ1n) is 7.69. The van der Waals surface area contributed by atoms with Crippen LogP contribution >= 0.6 is 11.3 Å². The first-order valence-corrected chi connectivity index (χ1v) is 8.50. The Labute approximate surface area is 146 Å². The molecule has 1 heterocycles. The highest BCUT2D eigenvalue weighted by Crippen LogP contribution is 2.31. The summed E-state index contributed by atoms with van der Waals surface area (Å²) in [5.41, 5.74) is 3.21. The summed E-state index contributed by atoms with van der Waals surface area (Å²) in [5, 5.41) is 4.30. The summed E-state index contributed by atoms with van der Waals surface area (Å²) in [6, 6.07) is 16.0. The van der Waals surface area contributed by atoms with E-state index in [1.165, 1.54) is 4.88 Å². The maximum absolute atomic E-state index is 5.38. The molecule has 3 aromatic rings. The molecule has 0 fully saturated rings. The summed E-state index contributed by atoms with van der Waals surface area (Å²) in [4.78, 5) is 5.91. The van der Waals surface area contributed by atoms with Crippen LogP contribution in [-0.4, -0.2) is 19.2 Å². The van der Waals surface area contributed by atoms with Gasteiger partial charge in [0.25, 0.3) is 0 Å². The number of para-hydroxylation sites is 1. The van der Waals surface area contributed by atoms with E-state index in [1.807, 2.05) is 42.5 Å². The van der Waals surface area contributed by atoms with Crippen LogP contribution in [0.2, 0.25) is 0 Å². The van der Waals surface area contributed by atoms with E-state index in [0.717, 1.165) is 33.5 Å². The summed E-state index contributed by atoms with van der Waals surface area (Å²) in [7, 11) is 3.36. The van der Waals surface area contributed by atoms with Crippen molar-refractivity contribution in [3.63, 3.8) is 0 Å². The van der Waals surface area contributed by atoms with Gasteiger partial charge < -0.3 is 14.8 Å². The number of anilines is 1. The van der Waals surface area contributed by atoms with E-state index in [-0.39, 0.29) is 0 Å². The molecule has 0 aliphatic rings. The van der Waals surface area contributed by atoms with Crippen molar-refractivity contribution in [2.75, 3.05) is 19.5 Å². The van der Waals surface area contributed by atoms with Gasteiger partial charge in [-0.25, -0.2) is 4.98 Å². The van der Waals surface area contributed by atoms with Crippen molar-refractivity contribution >= 4 is 16.5 Å². The number of methoxy groups -OCH3 is 2. The smallest absolute Gasteiger partial charge is 0.183 e. The third-order valence-electron chi connectivity index (χ3n) is 3.78. The van der Waals surface area contributed by atoms with Gasteiger partial charge in [0.2, 0.25) is 0 Å². The lowest BCUT2D eigenvalue weighted by molar-refractivity contribution is 0.410. The highest BCUT2D eigenvalue weighted by molar-refractivity contribution is 7.16. The monoisotopic (exact) mass is 340 g/mol. The Bertz CT molecular complexity index is 812. The van der Waals surface area contributed by atoms with Gasteiger partial charge in [-0.2, -0.15) is 0 Å². The van der Waals surface area contributed by atoms with Gasteiger partial charge in [-0.1, -0.05) is 18.2 Å². The lowest BCUT2D eigenvalue weighted by Crippen LogP contribution is -2.01. The van der Waals surface area contributed by atoms with Crippen molar-refractivity contribution in [2.45, 2.75) is 13.5 Å². The highest BCUT2D eigenvalue weighted by atomic mass is 32.1. The standard InChI is InChI=1S/C19H20N2O2S/c1-13-18(14-8-10-16(22-2)11-9-14)21-19(24-13)20-12-15-6-4-5-7-17(15)23-3/h4-11H,12H2,1-3H3,(H,20,21). The van der Waals surface area contributed by atoms with Crippen LogP contribution in [0.3, 0.4) is 0 Å². The number of nitrogens with one attached hydrogen (secondary N) is 1. The number of aryl methyl sites for hydroxylation is 1. The molecule has 0 saturated heterocycles. The molecule has 4 nitrogen and oxygen atoms in total. The second kappa shape index (κ2) is 7.36. The molecule has 0 amide bonds. The van der Waals surface area contributed by atoms with Gasteiger partial charge in [-0.15, -0.1) is 11.3 Å².